The van der Waals surface area contributed by atoms with E-state index >= 15 is 0 Å². The number of fused-ring (bicyclic) bond motifs is 6. The van der Waals surface area contributed by atoms with Crippen molar-refractivity contribution in [3.8, 4) is 45.0 Å². The highest BCUT2D eigenvalue weighted by Crippen LogP contribution is 2.41. The molecule has 2 aliphatic rings. The van der Waals surface area contributed by atoms with Gasteiger partial charge in [0, 0.05) is 79.1 Å². The van der Waals surface area contributed by atoms with Crippen LogP contribution >= 0.6 is 23.5 Å². The van der Waals surface area contributed by atoms with Gasteiger partial charge in [0.1, 0.15) is 0 Å². The molecule has 4 aromatic heterocycles. The van der Waals surface area contributed by atoms with Crippen molar-refractivity contribution in [1.82, 2.24) is 19.1 Å². The van der Waals surface area contributed by atoms with E-state index in [4.69, 9.17) is 20.0 Å². The molecule has 0 bridgehead atoms. The molecule has 0 N–H and O–H groups in total. The summed E-state index contributed by atoms with van der Waals surface area (Å²) in [6, 6.07) is 57.3. The molecule has 0 amide bonds. The fraction of sp³-hybridized carbons (Fsp3) is 0.143. The van der Waals surface area contributed by atoms with E-state index in [9.17, 15) is 0 Å². The van der Waals surface area contributed by atoms with Crippen molar-refractivity contribution in [2.75, 3.05) is 11.5 Å². The molecule has 8 heteroatoms. The average Bonchev–Trinajstić information content (AvgIpc) is 4.08. The number of rotatable bonds is 7. The molecule has 0 unspecified atom stereocenters. The van der Waals surface area contributed by atoms with Crippen LogP contribution in [0, 0.1) is 0 Å². The Morgan fingerprint density at radius 2 is 0.734 bits per heavy atom. The third kappa shape index (κ3) is 6.75. The third-order valence-electron chi connectivity index (χ3n) is 12.4. The normalized spacial score (nSPS) is 15.7. The topological polar surface area (TPSA) is 60.4 Å². The molecule has 10 aromatic rings. The lowest BCUT2D eigenvalue weighted by atomic mass is 9.99. The first kappa shape index (κ1) is 38.9. The number of nitrogens with zero attached hydrogens (tertiary/aromatic N) is 6. The predicted molar refractivity (Wildman–Crippen MR) is 273 cm³/mol. The van der Waals surface area contributed by atoms with Gasteiger partial charge in [-0.2, -0.15) is 0 Å². The summed E-state index contributed by atoms with van der Waals surface area (Å²) in [6.07, 6.45) is 3.95. The highest BCUT2D eigenvalue weighted by atomic mass is 32.2. The Labute approximate surface area is 380 Å². The standard InChI is InChI=1S/C56H44N6S2/c1-55(2)33-63-53(59-55)39-15-21-47(57-31-39)37-19-25-51-45(29-37)43-27-35(17-23-49(43)61(51)41-11-7-5-8-12-41)36-18-24-50-44(28-36)46-30-38(20-26-52(46)62(50)42-13-9-6-10-14-42)48-22-16-40(32-58-48)54-60-56(3,4)34-64-54/h5-32H,33-34H2,1-4H3. The average molecular weight is 865 g/mol. The molecular formula is C56H44N6S2. The van der Waals surface area contributed by atoms with Gasteiger partial charge in [0.25, 0.3) is 0 Å². The molecule has 0 saturated heterocycles. The molecule has 0 radical (unpaired) electrons. The van der Waals surface area contributed by atoms with E-state index in [-0.39, 0.29) is 11.1 Å². The minimum absolute atomic E-state index is 0.0420. The Morgan fingerprint density at radius 1 is 0.391 bits per heavy atom. The van der Waals surface area contributed by atoms with E-state index in [0.29, 0.717) is 0 Å². The summed E-state index contributed by atoms with van der Waals surface area (Å²) in [5.74, 6) is 1.98. The van der Waals surface area contributed by atoms with Gasteiger partial charge in [0.05, 0.1) is 54.6 Å². The maximum absolute atomic E-state index is 4.97. The number of pyridine rings is 2. The number of benzene rings is 6. The Bertz CT molecular complexity index is 3290. The van der Waals surface area contributed by atoms with E-state index in [1.807, 2.05) is 35.9 Å². The second-order valence-corrected chi connectivity index (χ2v) is 20.1. The third-order valence-corrected chi connectivity index (χ3v) is 15.3. The monoisotopic (exact) mass is 864 g/mol. The Morgan fingerprint density at radius 3 is 1.06 bits per heavy atom. The second kappa shape index (κ2) is 14.9. The molecule has 0 atom stereocenters. The molecule has 64 heavy (non-hydrogen) atoms. The maximum atomic E-state index is 4.97. The van der Waals surface area contributed by atoms with Gasteiger partial charge in [0.15, 0.2) is 0 Å². The van der Waals surface area contributed by atoms with Crippen LogP contribution in [-0.2, 0) is 0 Å². The minimum atomic E-state index is -0.0420. The molecule has 0 spiro atoms. The van der Waals surface area contributed by atoms with Gasteiger partial charge in [-0.25, -0.2) is 0 Å². The van der Waals surface area contributed by atoms with Crippen LogP contribution in [0.3, 0.4) is 0 Å². The lowest BCUT2D eigenvalue weighted by Gasteiger charge is -2.09. The lowest BCUT2D eigenvalue weighted by molar-refractivity contribution is 0.605. The van der Waals surface area contributed by atoms with Crippen LogP contribution in [0.15, 0.2) is 180 Å². The smallest absolute Gasteiger partial charge is 0.1000 e. The van der Waals surface area contributed by atoms with Gasteiger partial charge in [-0.3, -0.25) is 20.0 Å². The van der Waals surface area contributed by atoms with Crippen molar-refractivity contribution >= 4 is 77.2 Å². The van der Waals surface area contributed by atoms with Crippen molar-refractivity contribution in [3.05, 3.63) is 181 Å². The van der Waals surface area contributed by atoms with Gasteiger partial charge in [0.2, 0.25) is 0 Å². The molecule has 0 saturated carbocycles. The first-order valence-electron chi connectivity index (χ1n) is 21.8. The van der Waals surface area contributed by atoms with E-state index in [1.165, 1.54) is 21.5 Å². The fourth-order valence-electron chi connectivity index (χ4n) is 9.28. The number of thioether (sulfide) groups is 2. The van der Waals surface area contributed by atoms with E-state index in [1.54, 1.807) is 0 Å². The highest BCUT2D eigenvalue weighted by molar-refractivity contribution is 8.15. The minimum Gasteiger partial charge on any atom is -0.309 e. The number of aliphatic imine (C=N–C) groups is 2. The van der Waals surface area contributed by atoms with E-state index in [0.717, 1.165) is 99.8 Å². The quantitative estimate of drug-likeness (QED) is 0.160. The zero-order valence-corrected chi connectivity index (χ0v) is 37.7. The molecule has 6 aromatic carbocycles. The van der Waals surface area contributed by atoms with Crippen molar-refractivity contribution in [1.29, 1.82) is 0 Å². The molecule has 2 aliphatic heterocycles. The number of para-hydroxylation sites is 2. The van der Waals surface area contributed by atoms with Crippen molar-refractivity contribution in [2.24, 2.45) is 9.98 Å². The summed E-state index contributed by atoms with van der Waals surface area (Å²) in [5.41, 5.74) is 15.4. The van der Waals surface area contributed by atoms with Crippen LogP contribution in [0.1, 0.15) is 38.8 Å². The Balaban J connectivity index is 0.987. The Kier molecular flexibility index (Phi) is 9.08. The lowest BCUT2D eigenvalue weighted by Crippen LogP contribution is -2.15. The van der Waals surface area contributed by atoms with Gasteiger partial charge < -0.3 is 9.13 Å². The molecule has 6 nitrogen and oxygen atoms in total. The van der Waals surface area contributed by atoms with Crippen LogP contribution < -0.4 is 0 Å². The maximum Gasteiger partial charge on any atom is 0.1000 e. The molecule has 310 valence electrons. The van der Waals surface area contributed by atoms with Crippen molar-refractivity contribution in [3.63, 3.8) is 0 Å². The SMILES string of the molecule is CC1(C)CSC(c2ccc(-c3ccc4c(c3)c3cc(-c5ccc6c(c5)c5cc(-c7ccc(C8=NC(C)(C)CS8)cn7)ccc5n6-c5ccccc5)ccc3n4-c3ccccc3)nc2)=N1. The molecular weight excluding hydrogens is 821 g/mol. The van der Waals surface area contributed by atoms with Crippen molar-refractivity contribution in [2.45, 2.75) is 38.8 Å². The highest BCUT2D eigenvalue weighted by Gasteiger charge is 2.27. The second-order valence-electron chi connectivity index (χ2n) is 18.2. The van der Waals surface area contributed by atoms with Crippen LogP contribution in [0.5, 0.6) is 0 Å². The summed E-state index contributed by atoms with van der Waals surface area (Å²) in [4.78, 5) is 19.8. The van der Waals surface area contributed by atoms with Crippen LogP contribution in [0.4, 0.5) is 0 Å². The van der Waals surface area contributed by atoms with Crippen molar-refractivity contribution < 1.29 is 0 Å². The summed E-state index contributed by atoms with van der Waals surface area (Å²) in [6.45, 7) is 8.74. The number of aromatic nitrogens is 4. The van der Waals surface area contributed by atoms with Gasteiger partial charge in [-0.15, -0.1) is 23.5 Å². The number of hydrogen-bond donors (Lipinski definition) is 0. The van der Waals surface area contributed by atoms with E-state index < -0.39 is 0 Å². The first-order valence-corrected chi connectivity index (χ1v) is 23.8. The van der Waals surface area contributed by atoms with E-state index in [2.05, 4.69) is 195 Å². The Hall–Kier alpha value is -6.74. The zero-order chi connectivity index (χ0) is 43.2. The predicted octanol–water partition coefficient (Wildman–Crippen LogP) is 14.2. The molecule has 6 heterocycles. The summed E-state index contributed by atoms with van der Waals surface area (Å²) < 4.78 is 4.76. The van der Waals surface area contributed by atoms with Gasteiger partial charge >= 0.3 is 0 Å². The largest absolute Gasteiger partial charge is 0.309 e. The molecule has 0 aliphatic carbocycles. The number of hydrogen-bond acceptors (Lipinski definition) is 6. The van der Waals surface area contributed by atoms with Crippen LogP contribution in [0.2, 0.25) is 0 Å². The molecule has 12 rings (SSSR count). The fourth-order valence-corrected chi connectivity index (χ4v) is 11.6. The first-order chi connectivity index (χ1) is 31.1. The summed E-state index contributed by atoms with van der Waals surface area (Å²) in [5, 5.41) is 6.91. The van der Waals surface area contributed by atoms with Crippen LogP contribution in [-0.4, -0.2) is 51.8 Å². The molecule has 0 fully saturated rings. The van der Waals surface area contributed by atoms with Crippen LogP contribution in [0.25, 0.3) is 88.6 Å². The summed E-state index contributed by atoms with van der Waals surface area (Å²) >= 11 is 3.62. The summed E-state index contributed by atoms with van der Waals surface area (Å²) in [7, 11) is 0. The zero-order valence-electron chi connectivity index (χ0n) is 36.1. The van der Waals surface area contributed by atoms with Gasteiger partial charge in [-0.05, 0) is 136 Å². The van der Waals surface area contributed by atoms with Gasteiger partial charge in [-0.1, -0.05) is 60.7 Å².